The third-order valence-corrected chi connectivity index (χ3v) is 7.73. The lowest BCUT2D eigenvalue weighted by atomic mass is 10.2. The quantitative estimate of drug-likeness (QED) is 0.184. The number of amides is 1. The number of carbonyl (C=O) groups excluding carboxylic acids is 1. The normalized spacial score (nSPS) is 11.8. The Balaban J connectivity index is 1.56. The van der Waals surface area contributed by atoms with Gasteiger partial charge in [-0.25, -0.2) is 8.42 Å². The zero-order valence-corrected chi connectivity index (χ0v) is 22.2. The lowest BCUT2D eigenvalue weighted by molar-refractivity contribution is -0.112. The van der Waals surface area contributed by atoms with Crippen LogP contribution in [0.1, 0.15) is 17.1 Å². The number of furan rings is 1. The molecule has 1 aromatic heterocycles. The molecule has 1 N–H and O–H groups in total. The van der Waals surface area contributed by atoms with Crippen LogP contribution in [0, 0.1) is 11.3 Å². The van der Waals surface area contributed by atoms with Crippen LogP contribution in [0.4, 0.5) is 5.69 Å². The fourth-order valence-electron chi connectivity index (χ4n) is 3.52. The fourth-order valence-corrected chi connectivity index (χ4v) is 5.17. The molecule has 0 aliphatic heterocycles. The maximum Gasteiger partial charge on any atom is 0.266 e. The molecule has 7 nitrogen and oxygen atoms in total. The van der Waals surface area contributed by atoms with Gasteiger partial charge in [0, 0.05) is 28.4 Å². The third kappa shape index (κ3) is 6.91. The molecule has 0 saturated heterocycles. The van der Waals surface area contributed by atoms with Crippen LogP contribution in [0.15, 0.2) is 106 Å². The van der Waals surface area contributed by atoms with Crippen molar-refractivity contribution in [2.24, 2.45) is 0 Å². The van der Waals surface area contributed by atoms with Gasteiger partial charge in [0.2, 0.25) is 10.0 Å². The summed E-state index contributed by atoms with van der Waals surface area (Å²) in [5, 5.41) is 13.1. The Morgan fingerprint density at radius 2 is 1.53 bits per heavy atom. The van der Waals surface area contributed by atoms with E-state index in [0.29, 0.717) is 21.5 Å². The first-order valence-corrected chi connectivity index (χ1v) is 13.5. The Kier molecular flexibility index (Phi) is 8.66. The van der Waals surface area contributed by atoms with Gasteiger partial charge in [-0.05, 0) is 66.2 Å². The van der Waals surface area contributed by atoms with Gasteiger partial charge in [0.1, 0.15) is 23.2 Å². The largest absolute Gasteiger partial charge is 0.460 e. The minimum absolute atomic E-state index is 0.0768. The molecular weight excluding hydrogens is 545 g/mol. The molecule has 0 fully saturated rings. The van der Waals surface area contributed by atoms with Crippen molar-refractivity contribution in [3.63, 3.8) is 0 Å². The Labute approximate surface area is 230 Å². The zero-order valence-electron chi connectivity index (χ0n) is 19.8. The zero-order chi connectivity index (χ0) is 27.1. The van der Waals surface area contributed by atoms with Crippen LogP contribution < -0.4 is 5.32 Å². The van der Waals surface area contributed by atoms with E-state index in [2.05, 4.69) is 5.32 Å². The first kappa shape index (κ1) is 27.2. The molecule has 1 amide bonds. The van der Waals surface area contributed by atoms with Crippen molar-refractivity contribution in [1.29, 1.82) is 5.26 Å². The number of nitriles is 1. The molecule has 4 rings (SSSR count). The van der Waals surface area contributed by atoms with Gasteiger partial charge in [-0.3, -0.25) is 4.79 Å². The summed E-state index contributed by atoms with van der Waals surface area (Å²) in [6.07, 6.45) is 1.30. The summed E-state index contributed by atoms with van der Waals surface area (Å²) >= 11 is 11.8. The monoisotopic (exact) mass is 565 g/mol. The maximum atomic E-state index is 13.5. The highest BCUT2D eigenvalue weighted by Crippen LogP contribution is 2.24. The Morgan fingerprint density at radius 3 is 2.16 bits per heavy atom. The fraction of sp³-hybridized carbons (Fsp3) is 0.0714. The van der Waals surface area contributed by atoms with Crippen molar-refractivity contribution in [2.45, 2.75) is 18.0 Å². The first-order chi connectivity index (χ1) is 18.2. The Hall–Kier alpha value is -3.87. The molecule has 0 aliphatic rings. The molecule has 0 unspecified atom stereocenters. The van der Waals surface area contributed by atoms with Crippen molar-refractivity contribution in [2.75, 3.05) is 5.32 Å². The summed E-state index contributed by atoms with van der Waals surface area (Å²) in [6.45, 7) is 0.0250. The summed E-state index contributed by atoms with van der Waals surface area (Å²) in [5.41, 5.74) is 1.09. The van der Waals surface area contributed by atoms with E-state index in [9.17, 15) is 18.5 Å². The second-order valence-corrected chi connectivity index (χ2v) is 11.0. The number of nitrogens with one attached hydrogen (secondary N) is 1. The topological polar surface area (TPSA) is 103 Å². The summed E-state index contributed by atoms with van der Waals surface area (Å²) in [5.74, 6) is -0.0599. The molecule has 0 atom stereocenters. The standard InChI is InChI=1S/C28H21Cl2N3O4S/c29-22-6-10-24(11-7-22)32-28(34)21(17-31)16-25-12-13-26(37-25)19-33(18-20-4-2-1-3-5-20)38(35,36)27-14-8-23(30)9-15-27/h1-16H,18-19H2,(H,32,34)/b21-16-. The highest BCUT2D eigenvalue weighted by molar-refractivity contribution is 7.89. The SMILES string of the molecule is N#C/C(=C/c1ccc(CN(Cc2ccccc2)S(=O)(=O)c2ccc(Cl)cc2)o1)C(=O)Nc1ccc(Cl)cc1. The first-order valence-electron chi connectivity index (χ1n) is 11.3. The molecule has 38 heavy (non-hydrogen) atoms. The maximum absolute atomic E-state index is 13.5. The molecule has 0 radical (unpaired) electrons. The Bertz CT molecular complexity index is 1590. The lowest BCUT2D eigenvalue weighted by Gasteiger charge is -2.21. The predicted molar refractivity (Wildman–Crippen MR) is 147 cm³/mol. The molecule has 1 heterocycles. The van der Waals surface area contributed by atoms with Crippen LogP contribution in [0.25, 0.3) is 6.08 Å². The second kappa shape index (κ2) is 12.1. The summed E-state index contributed by atoms with van der Waals surface area (Å²) in [7, 11) is -3.91. The van der Waals surface area contributed by atoms with Crippen LogP contribution in [0.2, 0.25) is 10.0 Å². The average Bonchev–Trinajstić information content (AvgIpc) is 3.36. The third-order valence-electron chi connectivity index (χ3n) is 5.42. The number of hydrogen-bond acceptors (Lipinski definition) is 5. The Morgan fingerprint density at radius 1 is 0.895 bits per heavy atom. The van der Waals surface area contributed by atoms with Gasteiger partial charge in [-0.1, -0.05) is 53.5 Å². The smallest absolute Gasteiger partial charge is 0.266 e. The summed E-state index contributed by atoms with van der Waals surface area (Å²) in [4.78, 5) is 12.7. The van der Waals surface area contributed by atoms with E-state index in [-0.39, 0.29) is 29.3 Å². The van der Waals surface area contributed by atoms with Gasteiger partial charge >= 0.3 is 0 Å². The number of sulfonamides is 1. The van der Waals surface area contributed by atoms with Gasteiger partial charge in [0.05, 0.1) is 11.4 Å². The van der Waals surface area contributed by atoms with Crippen LogP contribution in [-0.2, 0) is 27.9 Å². The highest BCUT2D eigenvalue weighted by Gasteiger charge is 2.26. The summed E-state index contributed by atoms with van der Waals surface area (Å²) < 4.78 is 34.1. The van der Waals surface area contributed by atoms with Gasteiger partial charge in [-0.15, -0.1) is 0 Å². The van der Waals surface area contributed by atoms with Gasteiger partial charge in [-0.2, -0.15) is 9.57 Å². The van der Waals surface area contributed by atoms with E-state index < -0.39 is 15.9 Å². The molecule has 0 aliphatic carbocycles. The minimum Gasteiger partial charge on any atom is -0.460 e. The van der Waals surface area contributed by atoms with E-state index in [1.807, 2.05) is 36.4 Å². The predicted octanol–water partition coefficient (Wildman–Crippen LogP) is 6.52. The number of carbonyl (C=O) groups is 1. The number of nitrogens with zero attached hydrogens (tertiary/aromatic N) is 2. The number of anilines is 1. The molecule has 192 valence electrons. The number of halogens is 2. The molecule has 4 aromatic rings. The van der Waals surface area contributed by atoms with Gasteiger partial charge < -0.3 is 9.73 Å². The van der Waals surface area contributed by atoms with Crippen molar-refractivity contribution in [1.82, 2.24) is 4.31 Å². The molecule has 0 bridgehead atoms. The van der Waals surface area contributed by atoms with Gasteiger partial charge in [0.25, 0.3) is 5.91 Å². The van der Waals surface area contributed by atoms with E-state index in [0.717, 1.165) is 5.56 Å². The van der Waals surface area contributed by atoms with E-state index in [1.54, 1.807) is 36.4 Å². The minimum atomic E-state index is -3.91. The highest BCUT2D eigenvalue weighted by atomic mass is 35.5. The lowest BCUT2D eigenvalue weighted by Crippen LogP contribution is -2.30. The molecular formula is C28H21Cl2N3O4S. The number of hydrogen-bond donors (Lipinski definition) is 1. The number of rotatable bonds is 9. The second-order valence-electron chi connectivity index (χ2n) is 8.15. The number of benzene rings is 3. The van der Waals surface area contributed by atoms with E-state index in [1.165, 1.54) is 34.6 Å². The van der Waals surface area contributed by atoms with Crippen molar-refractivity contribution >= 4 is 50.9 Å². The van der Waals surface area contributed by atoms with Crippen molar-refractivity contribution in [3.8, 4) is 6.07 Å². The van der Waals surface area contributed by atoms with E-state index >= 15 is 0 Å². The van der Waals surface area contributed by atoms with E-state index in [4.69, 9.17) is 27.6 Å². The molecule has 10 heteroatoms. The average molecular weight is 566 g/mol. The van der Waals surface area contributed by atoms with Crippen LogP contribution in [0.5, 0.6) is 0 Å². The van der Waals surface area contributed by atoms with Crippen LogP contribution in [0.3, 0.4) is 0 Å². The van der Waals surface area contributed by atoms with Crippen LogP contribution >= 0.6 is 23.2 Å². The molecule has 0 saturated carbocycles. The van der Waals surface area contributed by atoms with Crippen molar-refractivity contribution in [3.05, 3.63) is 124 Å². The van der Waals surface area contributed by atoms with Crippen LogP contribution in [-0.4, -0.2) is 18.6 Å². The van der Waals surface area contributed by atoms with Crippen molar-refractivity contribution < 1.29 is 17.6 Å². The molecule has 0 spiro atoms. The molecule has 3 aromatic carbocycles. The van der Waals surface area contributed by atoms with Gasteiger partial charge in [0.15, 0.2) is 0 Å². The summed E-state index contributed by atoms with van der Waals surface area (Å²) in [6, 6.07) is 26.6.